The van der Waals surface area contributed by atoms with Crippen molar-refractivity contribution in [3.63, 3.8) is 0 Å². The molecule has 0 saturated carbocycles. The zero-order valence-corrected chi connectivity index (χ0v) is 11.5. The van der Waals surface area contributed by atoms with Crippen molar-refractivity contribution < 1.29 is 4.92 Å². The number of anilines is 2. The summed E-state index contributed by atoms with van der Waals surface area (Å²) in [5.74, 6) is 0.618. The molecular weight excluding hydrogens is 280 g/mol. The molecule has 6 heteroatoms. The Bertz CT molecular complexity index is 789. The van der Waals surface area contributed by atoms with Crippen LogP contribution in [0, 0.1) is 10.1 Å². The van der Waals surface area contributed by atoms with Gasteiger partial charge in [-0.05, 0) is 30.3 Å². The van der Waals surface area contributed by atoms with E-state index in [1.165, 1.54) is 12.1 Å². The van der Waals surface area contributed by atoms with Crippen LogP contribution in [-0.4, -0.2) is 14.9 Å². The van der Waals surface area contributed by atoms with Crippen LogP contribution in [0.4, 0.5) is 17.1 Å². The SMILES string of the molecule is O=[N+]([O-])c1ccc(Nc2ccccc2-c2ncccn2)cc1. The summed E-state index contributed by atoms with van der Waals surface area (Å²) in [5, 5.41) is 13.9. The molecule has 22 heavy (non-hydrogen) atoms. The van der Waals surface area contributed by atoms with Crippen LogP contribution >= 0.6 is 0 Å². The molecule has 2 aromatic carbocycles. The summed E-state index contributed by atoms with van der Waals surface area (Å²) < 4.78 is 0. The average molecular weight is 292 g/mol. The smallest absolute Gasteiger partial charge is 0.269 e. The molecule has 0 radical (unpaired) electrons. The Balaban J connectivity index is 1.91. The van der Waals surface area contributed by atoms with Crippen LogP contribution in [0.15, 0.2) is 67.0 Å². The number of nitro benzene ring substituents is 1. The molecule has 108 valence electrons. The number of rotatable bonds is 4. The van der Waals surface area contributed by atoms with Crippen LogP contribution in [0.2, 0.25) is 0 Å². The van der Waals surface area contributed by atoms with Gasteiger partial charge < -0.3 is 5.32 Å². The van der Waals surface area contributed by atoms with Crippen LogP contribution in [0.25, 0.3) is 11.4 Å². The van der Waals surface area contributed by atoms with E-state index in [1.54, 1.807) is 30.6 Å². The van der Waals surface area contributed by atoms with E-state index in [2.05, 4.69) is 15.3 Å². The summed E-state index contributed by atoms with van der Waals surface area (Å²) in [6.07, 6.45) is 3.37. The molecule has 0 amide bonds. The number of non-ortho nitro benzene ring substituents is 1. The lowest BCUT2D eigenvalue weighted by molar-refractivity contribution is -0.384. The van der Waals surface area contributed by atoms with Gasteiger partial charge in [0.1, 0.15) is 0 Å². The Morgan fingerprint density at radius 1 is 0.909 bits per heavy atom. The van der Waals surface area contributed by atoms with Crippen LogP contribution in [-0.2, 0) is 0 Å². The van der Waals surface area contributed by atoms with Crippen molar-refractivity contribution in [1.29, 1.82) is 0 Å². The highest BCUT2D eigenvalue weighted by atomic mass is 16.6. The molecule has 0 unspecified atom stereocenters. The molecule has 0 saturated heterocycles. The topological polar surface area (TPSA) is 81.0 Å². The maximum absolute atomic E-state index is 10.7. The Morgan fingerprint density at radius 2 is 1.59 bits per heavy atom. The van der Waals surface area contributed by atoms with Gasteiger partial charge in [-0.25, -0.2) is 9.97 Å². The molecule has 0 bridgehead atoms. The van der Waals surface area contributed by atoms with Gasteiger partial charge in [0.2, 0.25) is 0 Å². The molecule has 0 fully saturated rings. The molecule has 0 aliphatic carbocycles. The molecule has 6 nitrogen and oxygen atoms in total. The van der Waals surface area contributed by atoms with E-state index in [0.717, 1.165) is 16.9 Å². The Morgan fingerprint density at radius 3 is 2.27 bits per heavy atom. The van der Waals surface area contributed by atoms with Crippen molar-refractivity contribution in [2.75, 3.05) is 5.32 Å². The van der Waals surface area contributed by atoms with Gasteiger partial charge in [0.15, 0.2) is 5.82 Å². The monoisotopic (exact) mass is 292 g/mol. The zero-order valence-electron chi connectivity index (χ0n) is 11.5. The molecule has 0 spiro atoms. The normalized spacial score (nSPS) is 10.2. The number of nitrogens with one attached hydrogen (secondary N) is 1. The second kappa shape index (κ2) is 6.01. The van der Waals surface area contributed by atoms with Gasteiger partial charge in [-0.1, -0.05) is 12.1 Å². The molecule has 1 heterocycles. The van der Waals surface area contributed by atoms with Gasteiger partial charge in [0.05, 0.1) is 4.92 Å². The summed E-state index contributed by atoms with van der Waals surface area (Å²) in [7, 11) is 0. The third-order valence-electron chi connectivity index (χ3n) is 3.09. The van der Waals surface area contributed by atoms with Crippen LogP contribution in [0.3, 0.4) is 0 Å². The third kappa shape index (κ3) is 2.90. The van der Waals surface area contributed by atoms with Crippen LogP contribution < -0.4 is 5.32 Å². The van der Waals surface area contributed by atoms with E-state index in [4.69, 9.17) is 0 Å². The molecular formula is C16H12N4O2. The number of benzene rings is 2. The van der Waals surface area contributed by atoms with Gasteiger partial charge in [0, 0.05) is 41.5 Å². The molecule has 0 atom stereocenters. The third-order valence-corrected chi connectivity index (χ3v) is 3.09. The van der Waals surface area contributed by atoms with Crippen molar-refractivity contribution >= 4 is 17.1 Å². The van der Waals surface area contributed by atoms with E-state index in [0.29, 0.717) is 5.82 Å². The number of nitrogens with zero attached hydrogens (tertiary/aromatic N) is 3. The van der Waals surface area contributed by atoms with E-state index in [1.807, 2.05) is 24.3 Å². The average Bonchev–Trinajstić information content (AvgIpc) is 2.57. The predicted octanol–water partition coefficient (Wildman–Crippen LogP) is 3.80. The molecule has 3 rings (SSSR count). The molecule has 1 aromatic heterocycles. The summed E-state index contributed by atoms with van der Waals surface area (Å²) in [5.41, 5.74) is 2.52. The first-order valence-electron chi connectivity index (χ1n) is 6.62. The van der Waals surface area contributed by atoms with Gasteiger partial charge in [-0.3, -0.25) is 10.1 Å². The Kier molecular flexibility index (Phi) is 3.74. The highest BCUT2D eigenvalue weighted by Crippen LogP contribution is 2.28. The second-order valence-corrected chi connectivity index (χ2v) is 4.55. The fraction of sp³-hybridized carbons (Fsp3) is 0. The summed E-state index contributed by atoms with van der Waals surface area (Å²) >= 11 is 0. The summed E-state index contributed by atoms with van der Waals surface area (Å²) in [4.78, 5) is 18.8. The van der Waals surface area contributed by atoms with Crippen molar-refractivity contribution in [3.8, 4) is 11.4 Å². The Hall–Kier alpha value is -3.28. The number of aromatic nitrogens is 2. The molecule has 0 aliphatic rings. The fourth-order valence-corrected chi connectivity index (χ4v) is 2.05. The minimum Gasteiger partial charge on any atom is -0.355 e. The first-order valence-corrected chi connectivity index (χ1v) is 6.62. The summed E-state index contributed by atoms with van der Waals surface area (Å²) in [6.45, 7) is 0. The maximum Gasteiger partial charge on any atom is 0.269 e. The quantitative estimate of drug-likeness (QED) is 0.584. The van der Waals surface area contributed by atoms with Gasteiger partial charge in [-0.2, -0.15) is 0 Å². The zero-order chi connectivity index (χ0) is 15.4. The first-order chi connectivity index (χ1) is 10.7. The molecule has 0 aliphatic heterocycles. The van der Waals surface area contributed by atoms with Gasteiger partial charge >= 0.3 is 0 Å². The maximum atomic E-state index is 10.7. The summed E-state index contributed by atoms with van der Waals surface area (Å²) in [6, 6.07) is 15.7. The first kappa shape index (κ1) is 13.7. The second-order valence-electron chi connectivity index (χ2n) is 4.55. The van der Waals surface area contributed by atoms with Gasteiger partial charge in [0.25, 0.3) is 5.69 Å². The predicted molar refractivity (Wildman–Crippen MR) is 83.8 cm³/mol. The van der Waals surface area contributed by atoms with Crippen molar-refractivity contribution in [2.24, 2.45) is 0 Å². The van der Waals surface area contributed by atoms with Crippen molar-refractivity contribution in [3.05, 3.63) is 77.1 Å². The number of nitro groups is 1. The Labute approximate surface area is 126 Å². The number of hydrogen-bond acceptors (Lipinski definition) is 5. The van der Waals surface area contributed by atoms with Gasteiger partial charge in [-0.15, -0.1) is 0 Å². The molecule has 1 N–H and O–H groups in total. The number of para-hydroxylation sites is 1. The van der Waals surface area contributed by atoms with E-state index >= 15 is 0 Å². The van der Waals surface area contributed by atoms with E-state index in [9.17, 15) is 10.1 Å². The molecule has 3 aromatic rings. The lowest BCUT2D eigenvalue weighted by Gasteiger charge is -2.10. The van der Waals surface area contributed by atoms with E-state index < -0.39 is 4.92 Å². The van der Waals surface area contributed by atoms with Crippen molar-refractivity contribution in [1.82, 2.24) is 9.97 Å². The fourth-order valence-electron chi connectivity index (χ4n) is 2.05. The number of hydrogen-bond donors (Lipinski definition) is 1. The van der Waals surface area contributed by atoms with Crippen LogP contribution in [0.1, 0.15) is 0 Å². The lowest BCUT2D eigenvalue weighted by atomic mass is 10.1. The highest BCUT2D eigenvalue weighted by molar-refractivity contribution is 5.77. The minimum absolute atomic E-state index is 0.0604. The largest absolute Gasteiger partial charge is 0.355 e. The lowest BCUT2D eigenvalue weighted by Crippen LogP contribution is -1.96. The van der Waals surface area contributed by atoms with E-state index in [-0.39, 0.29) is 5.69 Å². The highest BCUT2D eigenvalue weighted by Gasteiger charge is 2.08. The van der Waals surface area contributed by atoms with Crippen LogP contribution in [0.5, 0.6) is 0 Å². The minimum atomic E-state index is -0.421. The standard InChI is InChI=1S/C16H12N4O2/c21-20(22)13-8-6-12(7-9-13)19-15-5-2-1-4-14(15)16-17-10-3-11-18-16/h1-11,19H. The van der Waals surface area contributed by atoms with Crippen molar-refractivity contribution in [2.45, 2.75) is 0 Å².